The van der Waals surface area contributed by atoms with Gasteiger partial charge < -0.3 is 9.92 Å². The molecule has 0 spiro atoms. The van der Waals surface area contributed by atoms with Gasteiger partial charge in [-0.2, -0.15) is 16.8 Å². The Morgan fingerprint density at radius 3 is 2.06 bits per heavy atom. The van der Waals surface area contributed by atoms with E-state index in [4.69, 9.17) is 5.73 Å². The largest absolute Gasteiger partial charge is 0.466 e. The lowest BCUT2D eigenvalue weighted by atomic mass is 10.3. The minimum atomic E-state index is -4.97. The van der Waals surface area contributed by atoms with E-state index in [0.29, 0.717) is 0 Å². The molecule has 0 unspecified atom stereocenters. The van der Waals surface area contributed by atoms with Crippen LogP contribution in [0.2, 0.25) is 0 Å². The zero-order valence-electron chi connectivity index (χ0n) is 9.06. The number of anilines is 1. The van der Waals surface area contributed by atoms with Gasteiger partial charge in [0, 0.05) is 12.6 Å². The topological polar surface area (TPSA) is 130 Å². The summed E-state index contributed by atoms with van der Waals surface area (Å²) in [5, 5.41) is 0. The van der Waals surface area contributed by atoms with Crippen molar-refractivity contribution in [2.45, 2.75) is 11.8 Å². The van der Waals surface area contributed by atoms with Crippen LogP contribution in [-0.4, -0.2) is 22.8 Å². The van der Waals surface area contributed by atoms with Crippen molar-refractivity contribution in [1.82, 2.24) is 0 Å². The van der Waals surface area contributed by atoms with Gasteiger partial charge in [0.1, 0.15) is 0 Å². The molecular formula is C8H9NO7S2. The van der Waals surface area contributed by atoms with Crippen LogP contribution in [0.4, 0.5) is 5.69 Å². The highest BCUT2D eigenvalue weighted by Crippen LogP contribution is 2.17. The first-order valence-electron chi connectivity index (χ1n) is 4.39. The van der Waals surface area contributed by atoms with Crippen LogP contribution in [0.3, 0.4) is 0 Å². The number of rotatable bonds is 4. The molecule has 18 heavy (non-hydrogen) atoms. The molecule has 0 heterocycles. The Bertz CT molecular complexity index is 645. The Hall–Kier alpha value is -1.65. The number of hydrogen-bond acceptors (Lipinski definition) is 8. The van der Waals surface area contributed by atoms with Crippen LogP contribution in [0.1, 0.15) is 6.92 Å². The van der Waals surface area contributed by atoms with Crippen LogP contribution < -0.4 is 5.73 Å². The molecule has 0 amide bonds. The number of carbonyl (C=O) groups is 1. The summed E-state index contributed by atoms with van der Waals surface area (Å²) in [6, 6.07) is 4.59. The molecule has 0 aliphatic carbocycles. The van der Waals surface area contributed by atoms with Crippen molar-refractivity contribution < 1.29 is 29.4 Å². The molecule has 0 aliphatic heterocycles. The number of nitrogens with two attached hydrogens (primary N) is 1. The molecule has 1 aromatic rings. The third-order valence-corrected chi connectivity index (χ3v) is 4.23. The predicted molar refractivity (Wildman–Crippen MR) is 59.8 cm³/mol. The summed E-state index contributed by atoms with van der Waals surface area (Å²) in [4.78, 5) is 10.00. The molecule has 10 heteroatoms. The molecule has 1 aromatic carbocycles. The smallest absolute Gasteiger partial charge is 0.399 e. The molecular weight excluding hydrogens is 286 g/mol. The summed E-state index contributed by atoms with van der Waals surface area (Å²) in [7, 11) is -9.57. The Kier molecular flexibility index (Phi) is 3.94. The highest BCUT2D eigenvalue weighted by Gasteiger charge is 2.27. The van der Waals surface area contributed by atoms with Gasteiger partial charge in [-0.25, -0.2) is 0 Å². The van der Waals surface area contributed by atoms with Crippen LogP contribution in [0.15, 0.2) is 29.2 Å². The summed E-state index contributed by atoms with van der Waals surface area (Å²) in [6.07, 6.45) is 0. The monoisotopic (exact) mass is 295 g/mol. The molecule has 0 saturated carbocycles. The lowest BCUT2D eigenvalue weighted by Gasteiger charge is -2.05. The molecule has 0 aliphatic rings. The molecule has 8 nitrogen and oxygen atoms in total. The first-order valence-corrected chi connectivity index (χ1v) is 7.13. The summed E-state index contributed by atoms with van der Waals surface area (Å²) in [5.74, 6) is -1.22. The lowest BCUT2D eigenvalue weighted by molar-refractivity contribution is -0.131. The van der Waals surface area contributed by atoms with Crippen LogP contribution in [-0.2, 0) is 33.1 Å². The van der Waals surface area contributed by atoms with Crippen LogP contribution in [0.5, 0.6) is 0 Å². The standard InChI is InChI=1S/C8H9NO7S2/c1-6(10)15-18(13,14)16-17(11,12)8-4-2-7(9)3-5-8/h2-5H,9H2,1H3. The number of benzene rings is 1. The van der Waals surface area contributed by atoms with Gasteiger partial charge in [-0.3, -0.25) is 4.79 Å². The SMILES string of the molecule is CC(=O)OS(=O)(=O)OS(=O)(=O)c1ccc(N)cc1. The average molecular weight is 295 g/mol. The van der Waals surface area contributed by atoms with Gasteiger partial charge in [0.25, 0.3) is 0 Å². The second-order valence-electron chi connectivity index (χ2n) is 3.07. The van der Waals surface area contributed by atoms with E-state index in [-0.39, 0.29) is 5.69 Å². The van der Waals surface area contributed by atoms with Crippen LogP contribution in [0.25, 0.3) is 0 Å². The maximum absolute atomic E-state index is 11.5. The molecule has 0 aromatic heterocycles. The second kappa shape index (κ2) is 4.92. The maximum atomic E-state index is 11.5. The van der Waals surface area contributed by atoms with E-state index in [9.17, 15) is 21.6 Å². The normalized spacial score (nSPS) is 12.1. The van der Waals surface area contributed by atoms with Crippen LogP contribution >= 0.6 is 0 Å². The molecule has 0 radical (unpaired) electrons. The molecule has 0 atom stereocenters. The quantitative estimate of drug-likeness (QED) is 0.754. The van der Waals surface area contributed by atoms with E-state index in [1.807, 2.05) is 0 Å². The summed E-state index contributed by atoms with van der Waals surface area (Å²) < 4.78 is 52.6. The minimum absolute atomic E-state index is 0.289. The van der Waals surface area contributed by atoms with E-state index in [1.54, 1.807) is 0 Å². The van der Waals surface area contributed by atoms with Crippen molar-refractivity contribution in [2.75, 3.05) is 5.73 Å². The van der Waals surface area contributed by atoms with Gasteiger partial charge in [-0.15, -0.1) is 3.63 Å². The first-order chi connectivity index (χ1) is 8.12. The summed E-state index contributed by atoms with van der Waals surface area (Å²) in [6.45, 7) is 0.788. The third kappa shape index (κ3) is 3.98. The van der Waals surface area contributed by atoms with E-state index >= 15 is 0 Å². The fourth-order valence-electron chi connectivity index (χ4n) is 0.941. The highest BCUT2D eigenvalue weighted by molar-refractivity contribution is 7.98. The van der Waals surface area contributed by atoms with Crippen molar-refractivity contribution in [3.8, 4) is 0 Å². The van der Waals surface area contributed by atoms with Crippen molar-refractivity contribution >= 4 is 32.2 Å². The number of carbonyl (C=O) groups excluding carboxylic acids is 1. The third-order valence-electron chi connectivity index (χ3n) is 1.56. The van der Waals surface area contributed by atoms with Gasteiger partial charge in [0.05, 0.1) is 4.90 Å². The Balaban J connectivity index is 3.03. The second-order valence-corrected chi connectivity index (χ2v) is 5.98. The van der Waals surface area contributed by atoms with E-state index < -0.39 is 31.4 Å². The first kappa shape index (κ1) is 14.4. The van der Waals surface area contributed by atoms with E-state index in [2.05, 4.69) is 7.81 Å². The van der Waals surface area contributed by atoms with Crippen molar-refractivity contribution in [2.24, 2.45) is 0 Å². The lowest BCUT2D eigenvalue weighted by Crippen LogP contribution is -2.18. The Labute approximate surface area is 104 Å². The zero-order valence-corrected chi connectivity index (χ0v) is 10.7. The Morgan fingerprint density at radius 2 is 1.61 bits per heavy atom. The van der Waals surface area contributed by atoms with Gasteiger partial charge in [0.15, 0.2) is 0 Å². The Morgan fingerprint density at radius 1 is 1.11 bits per heavy atom. The minimum Gasteiger partial charge on any atom is -0.399 e. The summed E-state index contributed by atoms with van der Waals surface area (Å²) in [5.41, 5.74) is 5.63. The number of nitrogen functional groups attached to an aromatic ring is 1. The molecule has 2 N–H and O–H groups in total. The molecule has 100 valence electrons. The maximum Gasteiger partial charge on any atom is 0.466 e. The van der Waals surface area contributed by atoms with Crippen LogP contribution in [0, 0.1) is 0 Å². The predicted octanol–water partition coefficient (Wildman–Crippen LogP) is -0.218. The van der Waals surface area contributed by atoms with Gasteiger partial charge in [-0.05, 0) is 24.3 Å². The zero-order chi connectivity index (χ0) is 14.0. The van der Waals surface area contributed by atoms with E-state index in [1.165, 1.54) is 12.1 Å². The fourth-order valence-corrected chi connectivity index (χ4v) is 3.00. The van der Waals surface area contributed by atoms with Gasteiger partial charge >= 0.3 is 26.5 Å². The van der Waals surface area contributed by atoms with Crippen molar-refractivity contribution in [3.63, 3.8) is 0 Å². The average Bonchev–Trinajstić information content (AvgIpc) is 2.13. The van der Waals surface area contributed by atoms with Gasteiger partial charge in [0.2, 0.25) is 0 Å². The highest BCUT2D eigenvalue weighted by atomic mass is 32.3. The van der Waals surface area contributed by atoms with E-state index in [0.717, 1.165) is 19.1 Å². The fraction of sp³-hybridized carbons (Fsp3) is 0.125. The molecule has 0 fully saturated rings. The molecule has 0 saturated heterocycles. The number of hydrogen-bond donors (Lipinski definition) is 1. The molecule has 1 rings (SSSR count). The van der Waals surface area contributed by atoms with Crippen molar-refractivity contribution in [3.05, 3.63) is 24.3 Å². The summed E-state index contributed by atoms with van der Waals surface area (Å²) >= 11 is 0. The van der Waals surface area contributed by atoms with Gasteiger partial charge in [-0.1, -0.05) is 0 Å². The van der Waals surface area contributed by atoms with Crippen molar-refractivity contribution in [1.29, 1.82) is 0 Å². The molecule has 0 bridgehead atoms.